The van der Waals surface area contributed by atoms with Crippen molar-refractivity contribution in [2.75, 3.05) is 19.6 Å². The van der Waals surface area contributed by atoms with Gasteiger partial charge in [-0.1, -0.05) is 26.0 Å². The lowest BCUT2D eigenvalue weighted by molar-refractivity contribution is -0.122. The van der Waals surface area contributed by atoms with E-state index in [0.29, 0.717) is 17.6 Å². The van der Waals surface area contributed by atoms with Crippen LogP contribution in [0.3, 0.4) is 0 Å². The van der Waals surface area contributed by atoms with Gasteiger partial charge < -0.3 is 10.6 Å². The quantitative estimate of drug-likeness (QED) is 0.837. The van der Waals surface area contributed by atoms with E-state index in [-0.39, 0.29) is 5.91 Å². The highest BCUT2D eigenvalue weighted by atomic mass is 16.1. The number of nitrogens with two attached hydrogens (primary N) is 1. The summed E-state index contributed by atoms with van der Waals surface area (Å²) in [6.07, 6.45) is 3.54. The summed E-state index contributed by atoms with van der Waals surface area (Å²) in [6, 6.07) is 8.57. The number of primary amides is 1. The van der Waals surface area contributed by atoms with Gasteiger partial charge >= 0.3 is 0 Å². The van der Waals surface area contributed by atoms with Gasteiger partial charge in [0.15, 0.2) is 0 Å². The largest absolute Gasteiger partial charge is 0.366 e. The zero-order chi connectivity index (χ0) is 19.7. The molecule has 1 aromatic carbocycles. The molecule has 1 aliphatic heterocycles. The van der Waals surface area contributed by atoms with Crippen LogP contribution in [-0.4, -0.2) is 53.8 Å². The van der Waals surface area contributed by atoms with E-state index in [1.165, 1.54) is 18.4 Å². The standard InChI is InChI=1S/C10H11NO.C9H18N2O.C2H6/c11-10(12)9-5-3-8(4-6-9)7-1-2-7;1-8(2)10-4-5-11(7-12)9(3)6-10;1-2/h3-7H,1-2H2,(H2,11,12);7-9H,4-6H2,1-3H3;1-2H3/t;9-;/m.0./s1. The van der Waals surface area contributed by atoms with Crippen LogP contribution in [0.15, 0.2) is 24.3 Å². The highest BCUT2D eigenvalue weighted by molar-refractivity contribution is 5.92. The molecular weight excluding hydrogens is 326 g/mol. The summed E-state index contributed by atoms with van der Waals surface area (Å²) < 4.78 is 0. The first-order chi connectivity index (χ1) is 12.4. The number of amides is 2. The molecule has 0 spiro atoms. The van der Waals surface area contributed by atoms with Crippen molar-refractivity contribution in [3.8, 4) is 0 Å². The first-order valence-corrected chi connectivity index (χ1v) is 9.77. The minimum Gasteiger partial charge on any atom is -0.366 e. The van der Waals surface area contributed by atoms with Crippen molar-refractivity contribution in [1.82, 2.24) is 9.80 Å². The van der Waals surface area contributed by atoms with Gasteiger partial charge in [0.25, 0.3) is 0 Å². The first-order valence-electron chi connectivity index (χ1n) is 9.77. The van der Waals surface area contributed by atoms with Crippen LogP contribution >= 0.6 is 0 Å². The van der Waals surface area contributed by atoms with E-state index < -0.39 is 0 Å². The second-order valence-electron chi connectivity index (χ2n) is 7.04. The molecule has 5 heteroatoms. The van der Waals surface area contributed by atoms with E-state index in [1.54, 1.807) is 12.1 Å². The lowest BCUT2D eigenvalue weighted by Gasteiger charge is -2.39. The van der Waals surface area contributed by atoms with Gasteiger partial charge in [-0.05, 0) is 57.2 Å². The molecule has 26 heavy (non-hydrogen) atoms. The van der Waals surface area contributed by atoms with Gasteiger partial charge in [0, 0.05) is 37.3 Å². The van der Waals surface area contributed by atoms with Gasteiger partial charge in [0.05, 0.1) is 0 Å². The van der Waals surface area contributed by atoms with Crippen LogP contribution in [0.4, 0.5) is 0 Å². The van der Waals surface area contributed by atoms with E-state index in [2.05, 4.69) is 25.7 Å². The number of carbonyl (C=O) groups excluding carboxylic acids is 2. The Labute approximate surface area is 158 Å². The number of piperazine rings is 1. The number of rotatable bonds is 4. The molecule has 1 heterocycles. The minimum absolute atomic E-state index is 0.350. The van der Waals surface area contributed by atoms with Gasteiger partial charge in [-0.3, -0.25) is 14.5 Å². The maximum absolute atomic E-state index is 10.7. The van der Waals surface area contributed by atoms with Gasteiger partial charge in [0.2, 0.25) is 12.3 Å². The average molecular weight is 362 g/mol. The van der Waals surface area contributed by atoms with E-state index >= 15 is 0 Å². The summed E-state index contributed by atoms with van der Waals surface area (Å²) >= 11 is 0. The number of hydrogen-bond acceptors (Lipinski definition) is 3. The maximum Gasteiger partial charge on any atom is 0.248 e. The highest BCUT2D eigenvalue weighted by Gasteiger charge is 2.23. The molecular formula is C21H35N3O2. The van der Waals surface area contributed by atoms with Crippen LogP contribution in [0.5, 0.6) is 0 Å². The van der Waals surface area contributed by atoms with Crippen molar-refractivity contribution in [2.24, 2.45) is 5.73 Å². The Morgan fingerprint density at radius 1 is 1.15 bits per heavy atom. The van der Waals surface area contributed by atoms with Crippen molar-refractivity contribution < 1.29 is 9.59 Å². The molecule has 1 aromatic rings. The summed E-state index contributed by atoms with van der Waals surface area (Å²) in [6.45, 7) is 13.4. The molecule has 2 fully saturated rings. The first kappa shape index (κ1) is 22.2. The normalized spacial score (nSPS) is 19.8. The maximum atomic E-state index is 10.7. The van der Waals surface area contributed by atoms with Crippen molar-refractivity contribution >= 4 is 12.3 Å². The van der Waals surface area contributed by atoms with Crippen molar-refractivity contribution in [3.05, 3.63) is 35.4 Å². The third-order valence-corrected chi connectivity index (χ3v) is 4.82. The fourth-order valence-corrected chi connectivity index (χ4v) is 2.96. The summed E-state index contributed by atoms with van der Waals surface area (Å²) in [5.41, 5.74) is 7.05. The molecule has 0 bridgehead atoms. The molecule has 0 radical (unpaired) electrons. The lowest BCUT2D eigenvalue weighted by Crippen LogP contribution is -2.53. The molecule has 5 nitrogen and oxygen atoms in total. The second-order valence-corrected chi connectivity index (χ2v) is 7.04. The summed E-state index contributed by atoms with van der Waals surface area (Å²) in [5, 5.41) is 0. The Kier molecular flexibility index (Phi) is 9.35. The molecule has 2 aliphatic rings. The number of nitrogens with zero attached hydrogens (tertiary/aromatic N) is 2. The highest BCUT2D eigenvalue weighted by Crippen LogP contribution is 2.39. The Morgan fingerprint density at radius 2 is 1.73 bits per heavy atom. The molecule has 0 unspecified atom stereocenters. The van der Waals surface area contributed by atoms with Gasteiger partial charge in [-0.15, -0.1) is 0 Å². The fraction of sp³-hybridized carbons (Fsp3) is 0.619. The van der Waals surface area contributed by atoms with Crippen molar-refractivity contribution in [3.63, 3.8) is 0 Å². The summed E-state index contributed by atoms with van der Waals surface area (Å²) in [4.78, 5) is 25.6. The zero-order valence-corrected chi connectivity index (χ0v) is 16.9. The fourth-order valence-electron chi connectivity index (χ4n) is 2.96. The number of hydrogen-bond donors (Lipinski definition) is 1. The molecule has 146 valence electrons. The van der Waals surface area contributed by atoms with E-state index in [4.69, 9.17) is 5.73 Å². The minimum atomic E-state index is -0.350. The van der Waals surface area contributed by atoms with Crippen LogP contribution in [0.1, 0.15) is 69.3 Å². The Balaban J connectivity index is 0.000000238. The van der Waals surface area contributed by atoms with E-state index in [9.17, 15) is 9.59 Å². The van der Waals surface area contributed by atoms with Crippen LogP contribution in [0, 0.1) is 0 Å². The van der Waals surface area contributed by atoms with Crippen LogP contribution in [0.2, 0.25) is 0 Å². The third kappa shape index (κ3) is 6.79. The van der Waals surface area contributed by atoms with Gasteiger partial charge in [-0.25, -0.2) is 0 Å². The monoisotopic (exact) mass is 361 g/mol. The molecule has 3 rings (SSSR count). The molecule has 0 aromatic heterocycles. The van der Waals surface area contributed by atoms with E-state index in [1.807, 2.05) is 30.9 Å². The topological polar surface area (TPSA) is 66.6 Å². The smallest absolute Gasteiger partial charge is 0.248 e. The summed E-state index contributed by atoms with van der Waals surface area (Å²) in [7, 11) is 0. The number of carbonyl (C=O) groups is 2. The lowest BCUT2D eigenvalue weighted by atomic mass is 10.1. The molecule has 1 saturated heterocycles. The van der Waals surface area contributed by atoms with Crippen molar-refractivity contribution in [2.45, 2.75) is 65.5 Å². The Bertz CT molecular complexity index is 553. The molecule has 1 aliphatic carbocycles. The second kappa shape index (κ2) is 11.0. The Morgan fingerprint density at radius 3 is 2.12 bits per heavy atom. The molecule has 1 saturated carbocycles. The van der Waals surface area contributed by atoms with Crippen LogP contribution < -0.4 is 5.73 Å². The Hall–Kier alpha value is -1.88. The van der Waals surface area contributed by atoms with Gasteiger partial charge in [0.1, 0.15) is 0 Å². The molecule has 2 N–H and O–H groups in total. The third-order valence-electron chi connectivity index (χ3n) is 4.82. The zero-order valence-electron chi connectivity index (χ0n) is 16.9. The van der Waals surface area contributed by atoms with Crippen LogP contribution in [0.25, 0.3) is 0 Å². The molecule has 1 atom stereocenters. The SMILES string of the molecule is CC.CC(C)N1CCN(C=O)[C@@H](C)C1.NC(=O)c1ccc(C2CC2)cc1. The van der Waals surface area contributed by atoms with Crippen LogP contribution in [-0.2, 0) is 4.79 Å². The molecule has 2 amide bonds. The summed E-state index contributed by atoms with van der Waals surface area (Å²) in [5.74, 6) is 0.393. The predicted octanol–water partition coefficient (Wildman–Crippen LogP) is 3.25. The average Bonchev–Trinajstić information content (AvgIpc) is 3.49. The van der Waals surface area contributed by atoms with E-state index in [0.717, 1.165) is 32.0 Å². The predicted molar refractivity (Wildman–Crippen MR) is 107 cm³/mol. The number of benzene rings is 1. The van der Waals surface area contributed by atoms with Crippen molar-refractivity contribution in [1.29, 1.82) is 0 Å². The van der Waals surface area contributed by atoms with Gasteiger partial charge in [-0.2, -0.15) is 0 Å².